The number of aromatic nitrogens is 1. The highest BCUT2D eigenvalue weighted by Gasteiger charge is 2.22. The molecular formula is C20H22N2O2. The molecule has 0 aliphatic rings. The molecule has 0 saturated carbocycles. The van der Waals surface area contributed by atoms with Crippen LogP contribution < -0.4 is 0 Å². The molecule has 124 valence electrons. The number of fused-ring (bicyclic) bond motifs is 1. The first-order valence-corrected chi connectivity index (χ1v) is 8.17. The van der Waals surface area contributed by atoms with E-state index in [9.17, 15) is 9.90 Å². The zero-order chi connectivity index (χ0) is 16.9. The number of rotatable bonds is 6. The number of likely N-dealkylation sites (N-methyl/N-ethyl adjacent to an activating group) is 1. The maximum atomic E-state index is 12.8. The van der Waals surface area contributed by atoms with E-state index in [2.05, 4.69) is 4.98 Å². The molecule has 1 aromatic heterocycles. The molecule has 2 aromatic carbocycles. The van der Waals surface area contributed by atoms with Gasteiger partial charge in [0, 0.05) is 30.8 Å². The monoisotopic (exact) mass is 322 g/mol. The maximum absolute atomic E-state index is 12.8. The van der Waals surface area contributed by atoms with E-state index < -0.39 is 0 Å². The van der Waals surface area contributed by atoms with E-state index in [-0.39, 0.29) is 18.6 Å². The largest absolute Gasteiger partial charge is 0.396 e. The van der Waals surface area contributed by atoms with Gasteiger partial charge in [0.15, 0.2) is 0 Å². The van der Waals surface area contributed by atoms with E-state index >= 15 is 0 Å². The second-order valence-electron chi connectivity index (χ2n) is 5.98. The fourth-order valence-corrected chi connectivity index (χ4v) is 3.12. The Morgan fingerprint density at radius 2 is 1.83 bits per heavy atom. The van der Waals surface area contributed by atoms with Crippen molar-refractivity contribution in [2.75, 3.05) is 13.7 Å². The number of hydrogen-bond donors (Lipinski definition) is 2. The van der Waals surface area contributed by atoms with E-state index in [1.54, 1.807) is 4.90 Å². The second kappa shape index (κ2) is 7.32. The molecule has 0 spiro atoms. The lowest BCUT2D eigenvalue weighted by atomic mass is 10.0. The summed E-state index contributed by atoms with van der Waals surface area (Å²) in [7, 11) is 1.81. The molecule has 24 heavy (non-hydrogen) atoms. The number of H-pyrrole nitrogens is 1. The van der Waals surface area contributed by atoms with Gasteiger partial charge < -0.3 is 15.0 Å². The van der Waals surface area contributed by atoms with Crippen molar-refractivity contribution in [2.24, 2.45) is 0 Å². The van der Waals surface area contributed by atoms with E-state index in [1.807, 2.05) is 67.8 Å². The quantitative estimate of drug-likeness (QED) is 0.731. The number of aromatic amines is 1. The van der Waals surface area contributed by atoms with Crippen LogP contribution in [0.3, 0.4) is 0 Å². The molecule has 1 heterocycles. The molecule has 0 radical (unpaired) electrons. The number of nitrogens with one attached hydrogen (secondary N) is 1. The van der Waals surface area contributed by atoms with Gasteiger partial charge >= 0.3 is 0 Å². The van der Waals surface area contributed by atoms with E-state index in [0.29, 0.717) is 12.8 Å². The molecule has 1 unspecified atom stereocenters. The van der Waals surface area contributed by atoms with E-state index in [1.165, 1.54) is 0 Å². The van der Waals surface area contributed by atoms with Crippen LogP contribution in [0.15, 0.2) is 60.8 Å². The van der Waals surface area contributed by atoms with Gasteiger partial charge in [-0.25, -0.2) is 0 Å². The third-order valence-electron chi connectivity index (χ3n) is 4.46. The lowest BCUT2D eigenvalue weighted by Gasteiger charge is -2.28. The average molecular weight is 322 g/mol. The second-order valence-corrected chi connectivity index (χ2v) is 5.98. The number of para-hydroxylation sites is 1. The van der Waals surface area contributed by atoms with Crippen molar-refractivity contribution >= 4 is 16.8 Å². The summed E-state index contributed by atoms with van der Waals surface area (Å²) in [5.41, 5.74) is 3.08. The van der Waals surface area contributed by atoms with Crippen LogP contribution in [0.5, 0.6) is 0 Å². The van der Waals surface area contributed by atoms with Crippen LogP contribution in [0.4, 0.5) is 0 Å². The summed E-state index contributed by atoms with van der Waals surface area (Å²) in [5.74, 6) is 0.0436. The minimum absolute atomic E-state index is 0.0436. The molecule has 0 bridgehead atoms. The van der Waals surface area contributed by atoms with Gasteiger partial charge in [0.25, 0.3) is 0 Å². The molecule has 0 aliphatic heterocycles. The Hall–Kier alpha value is -2.59. The highest BCUT2D eigenvalue weighted by atomic mass is 16.3. The maximum Gasteiger partial charge on any atom is 0.227 e. The number of aliphatic hydroxyl groups excluding tert-OH is 1. The van der Waals surface area contributed by atoms with Crippen LogP contribution in [0.2, 0.25) is 0 Å². The number of aliphatic hydroxyl groups is 1. The van der Waals surface area contributed by atoms with Crippen molar-refractivity contribution in [3.63, 3.8) is 0 Å². The first-order valence-electron chi connectivity index (χ1n) is 8.17. The van der Waals surface area contributed by atoms with Crippen molar-refractivity contribution < 1.29 is 9.90 Å². The van der Waals surface area contributed by atoms with Gasteiger partial charge in [0.2, 0.25) is 5.91 Å². The first-order chi connectivity index (χ1) is 11.7. The zero-order valence-electron chi connectivity index (χ0n) is 13.8. The van der Waals surface area contributed by atoms with Crippen molar-refractivity contribution in [1.29, 1.82) is 0 Å². The standard InChI is InChI=1S/C20H22N2O2/c1-22(19(11-12-23)15-7-3-2-4-8-15)20(24)13-16-14-21-18-10-6-5-9-17(16)18/h2-10,14,19,21,23H,11-13H2,1H3. The average Bonchev–Trinajstić information content (AvgIpc) is 3.03. The summed E-state index contributed by atoms with van der Waals surface area (Å²) < 4.78 is 0. The first kappa shape index (κ1) is 16.3. The van der Waals surface area contributed by atoms with Crippen LogP contribution in [0.1, 0.15) is 23.6 Å². The molecule has 2 N–H and O–H groups in total. The number of hydrogen-bond acceptors (Lipinski definition) is 2. The Balaban J connectivity index is 1.80. The SMILES string of the molecule is CN(C(=O)Cc1c[nH]c2ccccc12)C(CCO)c1ccccc1. The van der Waals surface area contributed by atoms with Crippen LogP contribution in [-0.4, -0.2) is 34.6 Å². The molecule has 1 amide bonds. The summed E-state index contributed by atoms with van der Waals surface area (Å²) in [6.45, 7) is 0.0459. The highest BCUT2D eigenvalue weighted by molar-refractivity contribution is 5.88. The molecular weight excluding hydrogens is 300 g/mol. The predicted octanol–water partition coefficient (Wildman–Crippen LogP) is 3.29. The molecule has 0 fully saturated rings. The Morgan fingerprint density at radius 1 is 1.12 bits per heavy atom. The molecule has 0 aliphatic carbocycles. The third kappa shape index (κ3) is 3.34. The van der Waals surface area contributed by atoms with Crippen LogP contribution in [-0.2, 0) is 11.2 Å². The molecule has 3 aromatic rings. The summed E-state index contributed by atoms with van der Waals surface area (Å²) in [5, 5.41) is 10.5. The number of nitrogens with zero attached hydrogens (tertiary/aromatic N) is 1. The predicted molar refractivity (Wildman–Crippen MR) is 95.7 cm³/mol. The number of carbonyl (C=O) groups excluding carboxylic acids is 1. The Bertz CT molecular complexity index is 811. The fraction of sp³-hybridized carbons (Fsp3) is 0.250. The summed E-state index contributed by atoms with van der Waals surface area (Å²) in [6, 6.07) is 17.7. The fourth-order valence-electron chi connectivity index (χ4n) is 3.12. The van der Waals surface area contributed by atoms with Gasteiger partial charge in [0.1, 0.15) is 0 Å². The molecule has 4 heteroatoms. The van der Waals surface area contributed by atoms with Crippen LogP contribution in [0, 0.1) is 0 Å². The highest BCUT2D eigenvalue weighted by Crippen LogP contribution is 2.25. The van der Waals surface area contributed by atoms with Gasteiger partial charge in [-0.15, -0.1) is 0 Å². The summed E-state index contributed by atoms with van der Waals surface area (Å²) in [6.07, 6.45) is 2.77. The third-order valence-corrected chi connectivity index (χ3v) is 4.46. The van der Waals surface area contributed by atoms with Crippen molar-refractivity contribution in [1.82, 2.24) is 9.88 Å². The van der Waals surface area contributed by atoms with Gasteiger partial charge in [0.05, 0.1) is 12.5 Å². The zero-order valence-corrected chi connectivity index (χ0v) is 13.8. The normalized spacial score (nSPS) is 12.2. The van der Waals surface area contributed by atoms with Crippen LogP contribution in [0.25, 0.3) is 10.9 Å². The Labute approximate surface area is 141 Å². The molecule has 0 saturated heterocycles. The number of amides is 1. The number of benzene rings is 2. The summed E-state index contributed by atoms with van der Waals surface area (Å²) >= 11 is 0. The van der Waals surface area contributed by atoms with Crippen molar-refractivity contribution in [3.05, 3.63) is 71.9 Å². The van der Waals surface area contributed by atoms with E-state index in [0.717, 1.165) is 22.0 Å². The smallest absolute Gasteiger partial charge is 0.227 e. The minimum atomic E-state index is -0.117. The van der Waals surface area contributed by atoms with Gasteiger partial charge in [-0.2, -0.15) is 0 Å². The van der Waals surface area contributed by atoms with Gasteiger partial charge in [-0.1, -0.05) is 48.5 Å². The Kier molecular flexibility index (Phi) is 4.96. The topological polar surface area (TPSA) is 56.3 Å². The number of carbonyl (C=O) groups is 1. The lowest BCUT2D eigenvalue weighted by molar-refractivity contribution is -0.131. The molecule has 3 rings (SSSR count). The minimum Gasteiger partial charge on any atom is -0.396 e. The molecule has 4 nitrogen and oxygen atoms in total. The van der Waals surface area contributed by atoms with Gasteiger partial charge in [-0.05, 0) is 23.6 Å². The van der Waals surface area contributed by atoms with Crippen molar-refractivity contribution in [2.45, 2.75) is 18.9 Å². The van der Waals surface area contributed by atoms with Gasteiger partial charge in [-0.3, -0.25) is 4.79 Å². The molecule has 1 atom stereocenters. The van der Waals surface area contributed by atoms with E-state index in [4.69, 9.17) is 0 Å². The van der Waals surface area contributed by atoms with Crippen LogP contribution >= 0.6 is 0 Å². The Morgan fingerprint density at radius 3 is 2.58 bits per heavy atom. The van der Waals surface area contributed by atoms with Crippen molar-refractivity contribution in [3.8, 4) is 0 Å². The lowest BCUT2D eigenvalue weighted by Crippen LogP contribution is -2.33. The summed E-state index contributed by atoms with van der Waals surface area (Å²) in [4.78, 5) is 17.7.